The van der Waals surface area contributed by atoms with E-state index >= 15 is 0 Å². The second kappa shape index (κ2) is 11.3. The molecular weight excluding hydrogens is 528 g/mol. The van der Waals surface area contributed by atoms with Crippen molar-refractivity contribution >= 4 is 39.0 Å². The molecule has 40 heavy (non-hydrogen) atoms. The third kappa shape index (κ3) is 4.61. The Bertz CT molecular complexity index is 1620. The van der Waals surface area contributed by atoms with Crippen LogP contribution in [0.25, 0.3) is 16.0 Å². The molecule has 210 valence electrons. The molecule has 1 unspecified atom stereocenters. The van der Waals surface area contributed by atoms with Gasteiger partial charge in [0.25, 0.3) is 5.91 Å². The van der Waals surface area contributed by atoms with Gasteiger partial charge in [0.2, 0.25) is 5.78 Å². The number of aromatic nitrogens is 2. The van der Waals surface area contributed by atoms with E-state index in [1.165, 1.54) is 18.4 Å². The van der Waals surface area contributed by atoms with Crippen LogP contribution in [0.5, 0.6) is 11.5 Å². The molecule has 1 aliphatic rings. The number of nitrogens with zero attached hydrogens (tertiary/aromatic N) is 4. The molecule has 0 spiro atoms. The van der Waals surface area contributed by atoms with E-state index in [9.17, 15) is 14.7 Å². The summed E-state index contributed by atoms with van der Waals surface area (Å²) in [6, 6.07) is 12.3. The number of methoxy groups -OCH3 is 2. The van der Waals surface area contributed by atoms with Gasteiger partial charge >= 0.3 is 0 Å². The lowest BCUT2D eigenvalue weighted by Gasteiger charge is -2.28. The van der Waals surface area contributed by atoms with Gasteiger partial charge in [-0.3, -0.25) is 14.0 Å². The molecule has 1 amide bonds. The highest BCUT2D eigenvalue weighted by molar-refractivity contribution is 7.19. The average molecular weight is 563 g/mol. The summed E-state index contributed by atoms with van der Waals surface area (Å²) in [4.78, 5) is 37.4. The van der Waals surface area contributed by atoms with Crippen LogP contribution in [0.4, 0.5) is 0 Å². The zero-order valence-corrected chi connectivity index (χ0v) is 24.2. The van der Waals surface area contributed by atoms with E-state index in [1.54, 1.807) is 24.1 Å². The van der Waals surface area contributed by atoms with Gasteiger partial charge in [-0.1, -0.05) is 43.4 Å². The Hall–Kier alpha value is -3.89. The molecule has 0 radical (unpaired) electrons. The summed E-state index contributed by atoms with van der Waals surface area (Å²) >= 11 is 1.26. The van der Waals surface area contributed by atoms with Gasteiger partial charge in [0.05, 0.1) is 41.7 Å². The molecule has 2 aromatic carbocycles. The number of carbonyl (C=O) groups is 2. The van der Waals surface area contributed by atoms with E-state index in [2.05, 4.69) is 23.7 Å². The number of ether oxygens (including phenoxy) is 2. The number of benzene rings is 2. The first kappa shape index (κ1) is 27.7. The first-order valence-corrected chi connectivity index (χ1v) is 14.3. The van der Waals surface area contributed by atoms with Crippen LogP contribution in [0.2, 0.25) is 0 Å². The van der Waals surface area contributed by atoms with Gasteiger partial charge in [-0.2, -0.15) is 0 Å². The van der Waals surface area contributed by atoms with Crippen LogP contribution in [0.3, 0.4) is 0 Å². The SMILES string of the molecule is CCN(CC)CCCN1C(=O)C(O)=C(C(=O)c2sc3nc4ccccc4n3c2C)C1c1ccc(OC)c(OC)c1. The summed E-state index contributed by atoms with van der Waals surface area (Å²) in [5.74, 6) is -0.429. The number of aliphatic hydroxyl groups excluding tert-OH is 1. The minimum absolute atomic E-state index is 0.0666. The molecule has 1 atom stereocenters. The summed E-state index contributed by atoms with van der Waals surface area (Å²) in [6.07, 6.45) is 0.698. The number of aryl methyl sites for hydroxylation is 1. The zero-order valence-electron chi connectivity index (χ0n) is 23.4. The van der Waals surface area contributed by atoms with Crippen LogP contribution in [0.1, 0.15) is 47.2 Å². The van der Waals surface area contributed by atoms with Gasteiger partial charge in [-0.25, -0.2) is 4.98 Å². The standard InChI is InChI=1S/C30H34N4O5S/c1-6-32(7-2)15-10-16-33-25(19-13-14-22(38-4)23(17-19)39-5)24(27(36)29(33)37)26(35)28-18(3)34-21-12-9-8-11-20(21)31-30(34)40-28/h8-9,11-14,17,25,36H,6-7,10,15-16H2,1-5H3. The van der Waals surface area contributed by atoms with Crippen molar-refractivity contribution in [2.75, 3.05) is 40.4 Å². The molecule has 4 aromatic rings. The Labute approximate surface area is 237 Å². The smallest absolute Gasteiger partial charge is 0.290 e. The van der Waals surface area contributed by atoms with E-state index in [0.29, 0.717) is 39.9 Å². The lowest BCUT2D eigenvalue weighted by Crippen LogP contribution is -2.34. The number of Topliss-reactive ketones (excluding diaryl/α,β-unsaturated/α-hetero) is 1. The Morgan fingerprint density at radius 3 is 2.52 bits per heavy atom. The number of aliphatic hydroxyl groups is 1. The van der Waals surface area contributed by atoms with Crippen LogP contribution >= 0.6 is 11.3 Å². The van der Waals surface area contributed by atoms with Crippen molar-refractivity contribution in [3.05, 3.63) is 69.9 Å². The van der Waals surface area contributed by atoms with Gasteiger partial charge in [0.1, 0.15) is 0 Å². The number of hydrogen-bond donors (Lipinski definition) is 1. The second-order valence-corrected chi connectivity index (χ2v) is 10.7. The molecule has 9 nitrogen and oxygen atoms in total. The first-order valence-electron chi connectivity index (χ1n) is 13.4. The van der Waals surface area contributed by atoms with Crippen molar-refractivity contribution in [3.8, 4) is 11.5 Å². The van der Waals surface area contributed by atoms with Crippen LogP contribution in [0.15, 0.2) is 53.8 Å². The molecule has 0 saturated carbocycles. The summed E-state index contributed by atoms with van der Waals surface area (Å²) in [5.41, 5.74) is 3.19. The highest BCUT2D eigenvalue weighted by Crippen LogP contribution is 2.43. The average Bonchev–Trinajstić information content (AvgIpc) is 3.59. The van der Waals surface area contributed by atoms with Crippen molar-refractivity contribution in [2.45, 2.75) is 33.2 Å². The molecule has 5 rings (SSSR count). The number of imidazole rings is 1. The van der Waals surface area contributed by atoms with Gasteiger partial charge in [-0.05, 0) is 62.8 Å². The molecule has 10 heteroatoms. The van der Waals surface area contributed by atoms with Crippen molar-refractivity contribution in [3.63, 3.8) is 0 Å². The summed E-state index contributed by atoms with van der Waals surface area (Å²) in [6.45, 7) is 9.07. The minimum atomic E-state index is -0.776. The van der Waals surface area contributed by atoms with Gasteiger partial charge in [-0.15, -0.1) is 0 Å². The molecule has 3 heterocycles. The lowest BCUT2D eigenvalue weighted by molar-refractivity contribution is -0.129. The Kier molecular flexibility index (Phi) is 7.82. The van der Waals surface area contributed by atoms with Gasteiger partial charge in [0, 0.05) is 12.2 Å². The zero-order chi connectivity index (χ0) is 28.6. The van der Waals surface area contributed by atoms with Crippen LogP contribution < -0.4 is 9.47 Å². The highest BCUT2D eigenvalue weighted by Gasteiger charge is 2.44. The Morgan fingerprint density at radius 2 is 1.82 bits per heavy atom. The second-order valence-electron chi connectivity index (χ2n) is 9.72. The number of hydrogen-bond acceptors (Lipinski definition) is 8. The maximum Gasteiger partial charge on any atom is 0.290 e. The van der Waals surface area contributed by atoms with E-state index in [-0.39, 0.29) is 11.4 Å². The maximum atomic E-state index is 14.2. The van der Waals surface area contributed by atoms with E-state index in [1.807, 2.05) is 41.7 Å². The highest BCUT2D eigenvalue weighted by atomic mass is 32.1. The monoisotopic (exact) mass is 562 g/mol. The number of fused-ring (bicyclic) bond motifs is 3. The third-order valence-corrected chi connectivity index (χ3v) is 8.77. The Morgan fingerprint density at radius 1 is 1.10 bits per heavy atom. The molecule has 0 saturated heterocycles. The molecule has 0 aliphatic carbocycles. The van der Waals surface area contributed by atoms with Crippen molar-refractivity contribution < 1.29 is 24.2 Å². The predicted molar refractivity (Wildman–Crippen MR) is 156 cm³/mol. The molecule has 1 aliphatic heterocycles. The fourth-order valence-electron chi connectivity index (χ4n) is 5.49. The van der Waals surface area contributed by atoms with E-state index in [0.717, 1.165) is 36.4 Å². The topological polar surface area (TPSA) is 96.6 Å². The molecule has 1 N–H and O–H groups in total. The van der Waals surface area contributed by atoms with Crippen molar-refractivity contribution in [2.24, 2.45) is 0 Å². The van der Waals surface area contributed by atoms with Gasteiger partial charge < -0.3 is 24.4 Å². The summed E-state index contributed by atoms with van der Waals surface area (Å²) < 4.78 is 12.9. The number of amides is 1. The predicted octanol–water partition coefficient (Wildman–Crippen LogP) is 5.18. The summed E-state index contributed by atoms with van der Waals surface area (Å²) in [7, 11) is 3.09. The number of rotatable bonds is 11. The first-order chi connectivity index (χ1) is 19.3. The largest absolute Gasteiger partial charge is 0.503 e. The normalized spacial score (nSPS) is 15.7. The molecular formula is C30H34N4O5S. The summed E-state index contributed by atoms with van der Waals surface area (Å²) in [5, 5.41) is 11.2. The number of ketones is 1. The van der Waals surface area contributed by atoms with E-state index < -0.39 is 17.7 Å². The van der Waals surface area contributed by atoms with Crippen molar-refractivity contribution in [1.82, 2.24) is 19.2 Å². The van der Waals surface area contributed by atoms with Crippen LogP contribution in [0, 0.1) is 6.92 Å². The van der Waals surface area contributed by atoms with Gasteiger partial charge in [0.15, 0.2) is 22.2 Å². The number of thiazole rings is 1. The number of carbonyl (C=O) groups excluding carboxylic acids is 2. The van der Waals surface area contributed by atoms with Crippen molar-refractivity contribution in [1.29, 1.82) is 0 Å². The minimum Gasteiger partial charge on any atom is -0.503 e. The number of para-hydroxylation sites is 2. The molecule has 0 bridgehead atoms. The molecule has 0 fully saturated rings. The quantitative estimate of drug-likeness (QED) is 0.252. The fourth-order valence-corrected chi connectivity index (χ4v) is 6.58. The molecule has 2 aromatic heterocycles. The Balaban J connectivity index is 1.58. The fraction of sp³-hybridized carbons (Fsp3) is 0.367. The third-order valence-electron chi connectivity index (χ3n) is 7.63. The maximum absolute atomic E-state index is 14.2. The van der Waals surface area contributed by atoms with Crippen LogP contribution in [-0.2, 0) is 4.79 Å². The lowest BCUT2D eigenvalue weighted by atomic mass is 9.94. The van der Waals surface area contributed by atoms with E-state index in [4.69, 9.17) is 9.47 Å². The van der Waals surface area contributed by atoms with Crippen LogP contribution in [-0.4, -0.2) is 76.4 Å².